The maximum absolute atomic E-state index is 12.0. The number of nitrogens with one attached hydrogen (secondary N) is 2. The van der Waals surface area contributed by atoms with Crippen LogP contribution in [-0.4, -0.2) is 214 Å². The summed E-state index contributed by atoms with van der Waals surface area (Å²) >= 11 is 31.5. The van der Waals surface area contributed by atoms with Gasteiger partial charge in [0, 0.05) is 143 Å². The fourth-order valence-corrected chi connectivity index (χ4v) is 14.4. The molecule has 135 heavy (non-hydrogen) atoms. The van der Waals surface area contributed by atoms with Crippen LogP contribution < -0.4 is 56.8 Å². The smallest absolute Gasteiger partial charge is 0.346 e. The van der Waals surface area contributed by atoms with E-state index in [9.17, 15) is 33.6 Å². The molecule has 0 unspecified atom stereocenters. The van der Waals surface area contributed by atoms with Crippen molar-refractivity contribution in [2.24, 2.45) is 0 Å². The molecule has 0 radical (unpaired) electrons. The number of nitrogen functional groups attached to an aromatic ring is 3. The van der Waals surface area contributed by atoms with Crippen molar-refractivity contribution in [3.05, 3.63) is 222 Å². The van der Waals surface area contributed by atoms with Crippen LogP contribution in [0.15, 0.2) is 128 Å². The predicted molar refractivity (Wildman–Crippen MR) is 505 cm³/mol. The van der Waals surface area contributed by atoms with E-state index in [-0.39, 0.29) is 69.5 Å². The fraction of sp³-hybridized carbons (Fsp3) is 0.318. The number of carbonyl (C=O) groups is 6. The Morgan fingerprint density at radius 1 is 0.415 bits per heavy atom. The molecule has 0 atom stereocenters. The molecule has 6 aliphatic rings. The number of hydrogen-bond donors (Lipinski definition) is 5. The number of methoxy groups -OCH3 is 5. The molecular formula is C85H89Br3Cl4N26O17. The number of rotatable bonds is 16. The molecule has 18 rings (SSSR count). The second-order valence-electron chi connectivity index (χ2n) is 27.6. The van der Waals surface area contributed by atoms with Gasteiger partial charge in [0.25, 0.3) is 0 Å². The number of halogens is 7. The van der Waals surface area contributed by atoms with Gasteiger partial charge < -0.3 is 88.5 Å². The lowest BCUT2D eigenvalue weighted by Gasteiger charge is -2.28. The van der Waals surface area contributed by atoms with Crippen LogP contribution in [0.4, 0.5) is 29.1 Å². The van der Waals surface area contributed by atoms with Crippen LogP contribution in [0.25, 0.3) is 23.5 Å². The molecule has 0 saturated heterocycles. The number of esters is 5. The number of ether oxygens (including phenoxy) is 10. The number of aromatic nitrogens is 21. The highest BCUT2D eigenvalue weighted by Gasteiger charge is 2.35. The Labute approximate surface area is 816 Å². The maximum atomic E-state index is 12.0. The molecular weight excluding hydrogens is 2040 g/mol. The lowest BCUT2D eigenvalue weighted by Crippen LogP contribution is -2.26. The first-order chi connectivity index (χ1) is 65.0. The minimum absolute atomic E-state index is 0.00625. The molecule has 0 aromatic carbocycles. The number of aromatic amines is 1. The number of fused-ring (bicyclic) bond motifs is 13. The van der Waals surface area contributed by atoms with Crippen LogP contribution in [0, 0.1) is 0 Å². The van der Waals surface area contributed by atoms with Gasteiger partial charge in [-0.2, -0.15) is 34.9 Å². The van der Waals surface area contributed by atoms with Gasteiger partial charge in [-0.15, -0.1) is 0 Å². The minimum atomic E-state index is -0.433. The van der Waals surface area contributed by atoms with Gasteiger partial charge in [0.2, 0.25) is 21.8 Å². The third-order valence-electron chi connectivity index (χ3n) is 19.3. The van der Waals surface area contributed by atoms with Crippen LogP contribution in [0.5, 0.6) is 30.1 Å². The van der Waals surface area contributed by atoms with Crippen LogP contribution in [0.1, 0.15) is 135 Å². The molecule has 12 aromatic heterocycles. The highest BCUT2D eigenvalue weighted by atomic mass is 79.9. The first kappa shape index (κ1) is 104. The number of nitrogens with two attached hydrogens (primary N) is 3. The number of nitrogens with zero attached hydrogens (tertiary/aromatic N) is 21. The average molecular weight is 2130 g/mol. The Morgan fingerprint density at radius 2 is 0.822 bits per heavy atom. The molecule has 0 spiro atoms. The van der Waals surface area contributed by atoms with Crippen molar-refractivity contribution in [3.8, 4) is 47.5 Å². The molecule has 18 heterocycles. The largest absolute Gasteiger partial charge is 0.467 e. The van der Waals surface area contributed by atoms with E-state index in [1.54, 1.807) is 96.4 Å². The summed E-state index contributed by atoms with van der Waals surface area (Å²) in [6, 6.07) is 6.68. The molecule has 6 aliphatic heterocycles. The van der Waals surface area contributed by atoms with Crippen molar-refractivity contribution < 1.29 is 76.1 Å². The van der Waals surface area contributed by atoms with Crippen LogP contribution in [-0.2, 0) is 89.4 Å². The number of carbonyl (C=O) groups excluding carboxylic acids is 6. The normalized spacial score (nSPS) is 12.5. The molecule has 0 aliphatic carbocycles. The van der Waals surface area contributed by atoms with E-state index in [0.717, 1.165) is 132 Å². The zero-order chi connectivity index (χ0) is 97.5. The van der Waals surface area contributed by atoms with Crippen molar-refractivity contribution >= 4 is 165 Å². The summed E-state index contributed by atoms with van der Waals surface area (Å²) in [6.45, 7) is 11.5. The van der Waals surface area contributed by atoms with Gasteiger partial charge in [-0.3, -0.25) is 9.78 Å². The average Bonchev–Trinajstić information content (AvgIpc) is 1.66. The first-order valence-electron chi connectivity index (χ1n) is 41.0. The van der Waals surface area contributed by atoms with Gasteiger partial charge in [0.1, 0.15) is 51.7 Å². The fourth-order valence-electron chi connectivity index (χ4n) is 13.2. The topological polar surface area (TPSA) is 555 Å². The van der Waals surface area contributed by atoms with E-state index < -0.39 is 11.7 Å². The van der Waals surface area contributed by atoms with E-state index in [4.69, 9.17) is 111 Å². The number of hydrogen-bond acceptors (Lipinski definition) is 38. The summed E-state index contributed by atoms with van der Waals surface area (Å²) in [7, 11) is 7.51. The van der Waals surface area contributed by atoms with Crippen molar-refractivity contribution in [1.82, 2.24) is 103 Å². The number of aryl methyl sites for hydroxylation is 5. The molecule has 50 heteroatoms. The van der Waals surface area contributed by atoms with Crippen molar-refractivity contribution in [1.29, 1.82) is 0 Å². The van der Waals surface area contributed by atoms with E-state index in [1.165, 1.54) is 59.2 Å². The zero-order valence-corrected chi connectivity index (χ0v) is 81.8. The second-order valence-corrected chi connectivity index (χ2v) is 31.5. The van der Waals surface area contributed by atoms with Gasteiger partial charge >= 0.3 is 65.6 Å². The van der Waals surface area contributed by atoms with Gasteiger partial charge in [0.05, 0.1) is 110 Å². The summed E-state index contributed by atoms with van der Waals surface area (Å²) in [6.07, 6.45) is 31.0. The standard InChI is InChI=1S/C14H17N3O3.C14H15N3O3.C13H12ClN3O2.C13H13N3O3.C10H13N3O3.C8H9N3O2.C5H6BrN3O.C4HBrCl2N2.C4H3BrClN3/c2*1-3-20-13(18)10-6-7-17-11(10)5-4-9-8-15-14(19-2)16-12(9)17;1-2-19-12(18)9-5-6-17-10(9)4-3-8-7-15-13(14)16-11(8)17;1-2-19-12(17)9-5-6-16-10(9)4-3-8-7-14-13(18)15-11(8)16;1-3-16-8(14)5-4-7-6-12-10(15-2)13-9(7)11;1-13-8-9-4-5-2-3-6(12)10-7(5)11-8;1-10-5-8-2-3(6)4(7)9-5;5-2-1-8-4(7)9-3(2)6;5-2-1-8-4(6)9-3(2)7/h8H,3-7H2,1-2H3;6-8H,3-5H2,1-2H3;5-7H,2-4H2,1H3;5-7H,2-4H2,1H3,(H,14,15,18);4-6H,3H2,1-2H3,(H2,11,12,13);4H,2-3H2,1H3,(H,9,10,11,12);2H,1H3,(H2,7,8,9);1H;1H,(H2,7,8,9)/b;;;;5-4+;;;;. The summed E-state index contributed by atoms with van der Waals surface area (Å²) in [4.78, 5) is 153. The highest BCUT2D eigenvalue weighted by Crippen LogP contribution is 2.39. The van der Waals surface area contributed by atoms with Crippen molar-refractivity contribution in [3.63, 3.8) is 0 Å². The Hall–Kier alpha value is -13.5. The van der Waals surface area contributed by atoms with E-state index in [1.807, 2.05) is 33.0 Å². The Balaban J connectivity index is 0.000000159. The zero-order valence-electron chi connectivity index (χ0n) is 74.0. The molecule has 1 amide bonds. The Morgan fingerprint density at radius 3 is 1.34 bits per heavy atom. The van der Waals surface area contributed by atoms with Crippen LogP contribution in [0.3, 0.4) is 0 Å². The minimum Gasteiger partial charge on any atom is -0.467 e. The second kappa shape index (κ2) is 50.5. The molecule has 8 N–H and O–H groups in total. The van der Waals surface area contributed by atoms with Gasteiger partial charge in [-0.05, 0) is 206 Å². The number of amides is 1. The Bertz CT molecular complexity index is 6340. The third-order valence-corrected chi connectivity index (χ3v) is 22.2. The van der Waals surface area contributed by atoms with Gasteiger partial charge in [0.15, 0.2) is 0 Å². The van der Waals surface area contributed by atoms with Crippen LogP contribution >= 0.6 is 94.2 Å². The molecule has 710 valence electrons. The van der Waals surface area contributed by atoms with Gasteiger partial charge in [-0.25, -0.2) is 78.6 Å². The highest BCUT2D eigenvalue weighted by molar-refractivity contribution is 9.11. The summed E-state index contributed by atoms with van der Waals surface area (Å²) in [5.74, 6) is 3.08. The Kier molecular flexibility index (Phi) is 38.8. The quantitative estimate of drug-likeness (QED) is 0.0197. The van der Waals surface area contributed by atoms with E-state index in [2.05, 4.69) is 148 Å². The predicted octanol–water partition coefficient (Wildman–Crippen LogP) is 11.9. The van der Waals surface area contributed by atoms with Crippen molar-refractivity contribution in [2.75, 3.05) is 103 Å². The van der Waals surface area contributed by atoms with Gasteiger partial charge in [-0.1, -0.05) is 11.6 Å². The maximum Gasteiger partial charge on any atom is 0.346 e. The molecule has 0 bridgehead atoms. The lowest BCUT2D eigenvalue weighted by molar-refractivity contribution is -0.139. The molecule has 0 saturated carbocycles. The number of H-pyrrole nitrogens is 1. The van der Waals surface area contributed by atoms with Crippen LogP contribution in [0.2, 0.25) is 21.0 Å². The van der Waals surface area contributed by atoms with Crippen molar-refractivity contribution in [2.45, 2.75) is 105 Å². The molecule has 12 aromatic rings. The number of allylic oxidation sites excluding steroid dienone is 1. The third kappa shape index (κ3) is 27.8. The number of anilines is 5. The van der Waals surface area contributed by atoms with E-state index in [0.29, 0.717) is 128 Å². The summed E-state index contributed by atoms with van der Waals surface area (Å²) in [5, 5.41) is 3.52. The summed E-state index contributed by atoms with van der Waals surface area (Å²) < 4.78 is 57.1. The first-order valence-corrected chi connectivity index (χ1v) is 44.9. The van der Waals surface area contributed by atoms with E-state index >= 15 is 0 Å². The lowest BCUT2D eigenvalue weighted by atomic mass is 10.0. The monoisotopic (exact) mass is 2120 g/mol. The summed E-state index contributed by atoms with van der Waals surface area (Å²) in [5.41, 5.74) is 27.9. The molecule has 0 fully saturated rings. The molecule has 43 nitrogen and oxygen atoms in total. The SMILES string of the molecule is CCOC(=O)/C=C/c1cnc(OC)nc1N.CCOC(=O)C1=C2CCc3cnc(OC)nc3N2CC1.CCOC(=O)c1ccn2c1CCc1cnc(=O)[nH]c1-2.CCOC(=O)c1ccn2c1CCc1cnc(Cl)nc1-2.CCOC(=O)c1ccn2c1CCc1cnc(OC)nc1-2.COc1ncc(Br)c(N)n1.COc1ncc2c(n1)NC(=O)CC2.Clc1ncc(Br)c(Cl)n1.Nc1nc(Cl)ncc1Br.